The number of nitrogen functional groups attached to an aromatic ring is 1. The molecule has 4 unspecified atom stereocenters. The maximum absolute atomic E-state index is 6.21. The molecule has 2 aliphatic rings. The molecule has 0 aromatic carbocycles. The highest BCUT2D eigenvalue weighted by Crippen LogP contribution is 2.53. The summed E-state index contributed by atoms with van der Waals surface area (Å²) in [4.78, 5) is 4.34. The number of aromatic nitrogens is 1. The van der Waals surface area contributed by atoms with Crippen molar-refractivity contribution in [2.75, 3.05) is 12.3 Å². The molecular formula is C17H27N3. The van der Waals surface area contributed by atoms with Gasteiger partial charge in [0.2, 0.25) is 0 Å². The van der Waals surface area contributed by atoms with E-state index in [-0.39, 0.29) is 0 Å². The molecule has 3 heteroatoms. The first-order chi connectivity index (χ1) is 9.70. The van der Waals surface area contributed by atoms with Gasteiger partial charge in [-0.15, -0.1) is 0 Å². The molecular weight excluding hydrogens is 246 g/mol. The number of anilines is 1. The van der Waals surface area contributed by atoms with Crippen molar-refractivity contribution < 1.29 is 0 Å². The Morgan fingerprint density at radius 1 is 1.40 bits per heavy atom. The molecule has 110 valence electrons. The van der Waals surface area contributed by atoms with Gasteiger partial charge in [0.15, 0.2) is 0 Å². The predicted molar refractivity (Wildman–Crippen MR) is 83.4 cm³/mol. The number of nitrogens with one attached hydrogen (secondary N) is 1. The van der Waals surface area contributed by atoms with Gasteiger partial charge in [0, 0.05) is 17.8 Å². The highest BCUT2D eigenvalue weighted by atomic mass is 14.9. The fraction of sp³-hybridized carbons (Fsp3) is 0.706. The predicted octanol–water partition coefficient (Wildman–Crippen LogP) is 3.45. The van der Waals surface area contributed by atoms with Crippen molar-refractivity contribution in [1.29, 1.82) is 0 Å². The van der Waals surface area contributed by atoms with E-state index in [4.69, 9.17) is 5.73 Å². The summed E-state index contributed by atoms with van der Waals surface area (Å²) >= 11 is 0. The second kappa shape index (κ2) is 5.72. The van der Waals surface area contributed by atoms with Crippen LogP contribution < -0.4 is 11.1 Å². The van der Waals surface area contributed by atoms with Gasteiger partial charge in [0.1, 0.15) is 5.82 Å². The van der Waals surface area contributed by atoms with Crippen molar-refractivity contribution in [1.82, 2.24) is 10.3 Å². The van der Waals surface area contributed by atoms with Gasteiger partial charge in [0.05, 0.1) is 0 Å². The number of nitrogens with zero attached hydrogens (tertiary/aromatic N) is 1. The zero-order chi connectivity index (χ0) is 14.1. The topological polar surface area (TPSA) is 50.9 Å². The van der Waals surface area contributed by atoms with Crippen LogP contribution in [-0.4, -0.2) is 11.5 Å². The van der Waals surface area contributed by atoms with E-state index in [0.29, 0.717) is 6.04 Å². The van der Waals surface area contributed by atoms with Gasteiger partial charge >= 0.3 is 0 Å². The molecule has 0 radical (unpaired) electrons. The SMILES string of the molecule is CCCNC(c1c(C)ccnc1N)C1CC2CCC1C2. The number of fused-ring (bicyclic) bond motifs is 2. The zero-order valence-corrected chi connectivity index (χ0v) is 12.7. The average molecular weight is 273 g/mol. The highest BCUT2D eigenvalue weighted by molar-refractivity contribution is 5.46. The number of aryl methyl sites for hydroxylation is 1. The number of nitrogens with two attached hydrogens (primary N) is 1. The van der Waals surface area contributed by atoms with E-state index in [1.807, 2.05) is 6.20 Å². The summed E-state index contributed by atoms with van der Waals surface area (Å²) < 4.78 is 0. The highest BCUT2D eigenvalue weighted by Gasteiger charge is 2.44. The van der Waals surface area contributed by atoms with Gasteiger partial charge in [-0.2, -0.15) is 0 Å². The van der Waals surface area contributed by atoms with E-state index in [1.54, 1.807) is 0 Å². The standard InChI is InChI=1S/C17H27N3/c1-3-7-19-16(14-10-12-4-5-13(14)9-12)15-11(2)6-8-20-17(15)18/h6,8,12-14,16,19H,3-5,7,9-10H2,1-2H3,(H2,18,20). The van der Waals surface area contributed by atoms with Gasteiger partial charge in [0.25, 0.3) is 0 Å². The Labute approximate surface area is 122 Å². The molecule has 2 saturated carbocycles. The third-order valence-electron chi connectivity index (χ3n) is 5.39. The molecule has 1 aromatic rings. The van der Waals surface area contributed by atoms with E-state index >= 15 is 0 Å². The van der Waals surface area contributed by atoms with Crippen molar-refractivity contribution in [3.05, 3.63) is 23.4 Å². The average Bonchev–Trinajstić information content (AvgIpc) is 3.04. The molecule has 0 amide bonds. The lowest BCUT2D eigenvalue weighted by atomic mass is 9.79. The first-order valence-corrected chi connectivity index (χ1v) is 8.15. The summed E-state index contributed by atoms with van der Waals surface area (Å²) in [6.45, 7) is 5.46. The Hall–Kier alpha value is -1.09. The third kappa shape index (κ3) is 2.44. The summed E-state index contributed by atoms with van der Waals surface area (Å²) in [5, 5.41) is 3.77. The van der Waals surface area contributed by atoms with Crippen molar-refractivity contribution >= 4 is 5.82 Å². The van der Waals surface area contributed by atoms with Crippen LogP contribution >= 0.6 is 0 Å². The van der Waals surface area contributed by atoms with Crippen LogP contribution in [0, 0.1) is 24.7 Å². The molecule has 2 fully saturated rings. The second-order valence-corrected chi connectivity index (χ2v) is 6.70. The molecule has 1 aromatic heterocycles. The Bertz CT molecular complexity index is 451. The maximum atomic E-state index is 6.21. The summed E-state index contributed by atoms with van der Waals surface area (Å²) in [5.41, 5.74) is 8.76. The van der Waals surface area contributed by atoms with Crippen LogP contribution in [0.4, 0.5) is 5.82 Å². The van der Waals surface area contributed by atoms with Gasteiger partial charge in [-0.25, -0.2) is 4.98 Å². The molecule has 0 spiro atoms. The smallest absolute Gasteiger partial charge is 0.128 e. The summed E-state index contributed by atoms with van der Waals surface area (Å²) in [6.07, 6.45) is 8.67. The minimum absolute atomic E-state index is 0.402. The van der Waals surface area contributed by atoms with E-state index in [9.17, 15) is 0 Å². The van der Waals surface area contributed by atoms with E-state index in [1.165, 1.54) is 36.8 Å². The van der Waals surface area contributed by atoms with Crippen molar-refractivity contribution in [2.45, 2.75) is 52.0 Å². The van der Waals surface area contributed by atoms with Gasteiger partial charge in [-0.3, -0.25) is 0 Å². The molecule has 3 N–H and O–H groups in total. The second-order valence-electron chi connectivity index (χ2n) is 6.70. The van der Waals surface area contributed by atoms with Gasteiger partial charge < -0.3 is 11.1 Å². The summed E-state index contributed by atoms with van der Waals surface area (Å²) in [6, 6.07) is 2.50. The molecule has 0 saturated heterocycles. The Morgan fingerprint density at radius 2 is 2.25 bits per heavy atom. The number of hydrogen-bond acceptors (Lipinski definition) is 3. The van der Waals surface area contributed by atoms with Crippen molar-refractivity contribution in [3.63, 3.8) is 0 Å². The van der Waals surface area contributed by atoms with Crippen molar-refractivity contribution in [3.8, 4) is 0 Å². The third-order valence-corrected chi connectivity index (χ3v) is 5.39. The molecule has 20 heavy (non-hydrogen) atoms. The minimum Gasteiger partial charge on any atom is -0.383 e. The van der Waals surface area contributed by atoms with E-state index < -0.39 is 0 Å². The van der Waals surface area contributed by atoms with Crippen LogP contribution in [0.1, 0.15) is 56.2 Å². The Morgan fingerprint density at radius 3 is 2.85 bits per heavy atom. The van der Waals surface area contributed by atoms with Crippen LogP contribution in [0.25, 0.3) is 0 Å². The normalized spacial score (nSPS) is 29.8. The summed E-state index contributed by atoms with van der Waals surface area (Å²) in [5.74, 6) is 3.34. The number of rotatable bonds is 5. The lowest BCUT2D eigenvalue weighted by Gasteiger charge is -2.33. The maximum Gasteiger partial charge on any atom is 0.128 e. The first-order valence-electron chi connectivity index (χ1n) is 8.15. The lowest BCUT2D eigenvalue weighted by Crippen LogP contribution is -2.33. The minimum atomic E-state index is 0.402. The van der Waals surface area contributed by atoms with Crippen LogP contribution in [0.15, 0.2) is 12.3 Å². The number of hydrogen-bond donors (Lipinski definition) is 2. The Balaban J connectivity index is 1.90. The Kier molecular flexibility index (Phi) is 3.97. The zero-order valence-electron chi connectivity index (χ0n) is 12.7. The van der Waals surface area contributed by atoms with Crippen LogP contribution in [0.5, 0.6) is 0 Å². The molecule has 4 atom stereocenters. The fourth-order valence-electron chi connectivity index (χ4n) is 4.46. The number of pyridine rings is 1. The van der Waals surface area contributed by atoms with Crippen LogP contribution in [0.3, 0.4) is 0 Å². The molecule has 0 aliphatic heterocycles. The van der Waals surface area contributed by atoms with Crippen LogP contribution in [-0.2, 0) is 0 Å². The molecule has 1 heterocycles. The summed E-state index contributed by atoms with van der Waals surface area (Å²) in [7, 11) is 0. The van der Waals surface area contributed by atoms with Gasteiger partial charge in [-0.1, -0.05) is 13.3 Å². The van der Waals surface area contributed by atoms with Crippen molar-refractivity contribution in [2.24, 2.45) is 17.8 Å². The molecule has 3 nitrogen and oxygen atoms in total. The van der Waals surface area contributed by atoms with Crippen LogP contribution in [0.2, 0.25) is 0 Å². The first kappa shape index (κ1) is 13.9. The van der Waals surface area contributed by atoms with E-state index in [2.05, 4.69) is 30.2 Å². The molecule has 3 rings (SSSR count). The quantitative estimate of drug-likeness (QED) is 0.864. The fourth-order valence-corrected chi connectivity index (χ4v) is 4.46. The largest absolute Gasteiger partial charge is 0.383 e. The van der Waals surface area contributed by atoms with Gasteiger partial charge in [-0.05, 0) is 68.5 Å². The lowest BCUT2D eigenvalue weighted by molar-refractivity contribution is 0.250. The molecule has 2 aliphatic carbocycles. The molecule has 2 bridgehead atoms. The monoisotopic (exact) mass is 273 g/mol. The van der Waals surface area contributed by atoms with E-state index in [0.717, 1.165) is 36.5 Å².